The Kier molecular flexibility index (Phi) is 1.01. The van der Waals surface area contributed by atoms with Crippen LogP contribution in [0.3, 0.4) is 0 Å². The van der Waals surface area contributed by atoms with Gasteiger partial charge in [-0.05, 0) is 11.5 Å². The molecule has 1 aliphatic heterocycles. The highest BCUT2D eigenvalue weighted by Gasteiger charge is 2.08. The minimum atomic E-state index is 1.03. The Balaban J connectivity index is 2.51. The van der Waals surface area contributed by atoms with Crippen LogP contribution in [0.5, 0.6) is 0 Å². The monoisotopic (exact) mass is 155 g/mol. The first-order valence-electron chi connectivity index (χ1n) is 4.19. The molecule has 0 radical (unpaired) electrons. The normalized spacial score (nSPS) is 14.0. The molecule has 1 aliphatic rings. The molecule has 0 atom stereocenters. The highest BCUT2D eigenvalue weighted by atomic mass is 15.0. The van der Waals surface area contributed by atoms with Crippen molar-refractivity contribution in [2.45, 2.75) is 6.54 Å². The first-order chi connectivity index (χ1) is 5.95. The van der Waals surface area contributed by atoms with E-state index in [4.69, 9.17) is 0 Å². The van der Waals surface area contributed by atoms with Crippen LogP contribution in [0.15, 0.2) is 36.5 Å². The molecule has 0 bridgehead atoms. The highest BCUT2D eigenvalue weighted by Crippen LogP contribution is 2.25. The van der Waals surface area contributed by atoms with Crippen molar-refractivity contribution in [1.82, 2.24) is 4.57 Å². The number of fused-ring (bicyclic) bond motifs is 3. The molecule has 3 rings (SSSR count). The van der Waals surface area contributed by atoms with Crippen molar-refractivity contribution in [1.29, 1.82) is 0 Å². The molecule has 1 aromatic carbocycles. The molecular weight excluding hydrogens is 146 g/mol. The Morgan fingerprint density at radius 3 is 3.08 bits per heavy atom. The van der Waals surface area contributed by atoms with Crippen molar-refractivity contribution < 1.29 is 0 Å². The molecule has 0 N–H and O–H groups in total. The highest BCUT2D eigenvalue weighted by molar-refractivity contribution is 5.91. The van der Waals surface area contributed by atoms with Crippen LogP contribution in [0, 0.1) is 0 Å². The van der Waals surface area contributed by atoms with Gasteiger partial charge in [0.05, 0.1) is 0 Å². The summed E-state index contributed by atoms with van der Waals surface area (Å²) in [6.45, 7) is 1.03. The number of allylic oxidation sites excluding steroid dienone is 1. The van der Waals surface area contributed by atoms with Crippen molar-refractivity contribution in [3.63, 3.8) is 0 Å². The van der Waals surface area contributed by atoms with Gasteiger partial charge in [0.25, 0.3) is 0 Å². The van der Waals surface area contributed by atoms with Gasteiger partial charge in [0.15, 0.2) is 0 Å². The van der Waals surface area contributed by atoms with E-state index in [1.54, 1.807) is 0 Å². The first kappa shape index (κ1) is 6.06. The van der Waals surface area contributed by atoms with Gasteiger partial charge in [0.1, 0.15) is 0 Å². The quantitative estimate of drug-likeness (QED) is 0.551. The van der Waals surface area contributed by atoms with E-state index >= 15 is 0 Å². The molecule has 1 heteroatoms. The fourth-order valence-electron chi connectivity index (χ4n) is 1.85. The number of benzene rings is 1. The smallest absolute Gasteiger partial charge is 0.0486 e. The third kappa shape index (κ3) is 0.632. The van der Waals surface area contributed by atoms with Crippen LogP contribution >= 0.6 is 0 Å². The lowest BCUT2D eigenvalue weighted by molar-refractivity contribution is 0.852. The van der Waals surface area contributed by atoms with E-state index in [-0.39, 0.29) is 0 Å². The molecule has 0 spiro atoms. The van der Waals surface area contributed by atoms with E-state index in [0.717, 1.165) is 6.54 Å². The van der Waals surface area contributed by atoms with E-state index in [1.165, 1.54) is 16.5 Å². The Morgan fingerprint density at radius 2 is 2.08 bits per heavy atom. The second-order valence-electron chi connectivity index (χ2n) is 3.16. The SMILES string of the molecule is C1=Cc2c3ccccc3cn2C1. The van der Waals surface area contributed by atoms with E-state index in [9.17, 15) is 0 Å². The summed E-state index contributed by atoms with van der Waals surface area (Å²) >= 11 is 0. The second kappa shape index (κ2) is 2.01. The average Bonchev–Trinajstić information content (AvgIpc) is 2.62. The summed E-state index contributed by atoms with van der Waals surface area (Å²) in [4.78, 5) is 0. The summed E-state index contributed by atoms with van der Waals surface area (Å²) < 4.78 is 2.28. The van der Waals surface area contributed by atoms with E-state index in [2.05, 4.69) is 47.2 Å². The summed E-state index contributed by atoms with van der Waals surface area (Å²) in [5, 5.41) is 2.71. The largest absolute Gasteiger partial charge is 0.343 e. The maximum absolute atomic E-state index is 2.28. The number of aromatic nitrogens is 1. The van der Waals surface area contributed by atoms with Gasteiger partial charge in [-0.1, -0.05) is 30.3 Å². The molecule has 58 valence electrons. The summed E-state index contributed by atoms with van der Waals surface area (Å²) in [6, 6.07) is 8.52. The van der Waals surface area contributed by atoms with Crippen molar-refractivity contribution in [3.05, 3.63) is 42.2 Å². The molecular formula is C11H9N. The van der Waals surface area contributed by atoms with Gasteiger partial charge in [-0.15, -0.1) is 0 Å². The van der Waals surface area contributed by atoms with E-state index in [0.29, 0.717) is 0 Å². The lowest BCUT2D eigenvalue weighted by Crippen LogP contribution is -1.87. The molecule has 0 amide bonds. The van der Waals surface area contributed by atoms with Crippen molar-refractivity contribution in [2.24, 2.45) is 0 Å². The molecule has 1 aromatic heterocycles. The van der Waals surface area contributed by atoms with Crippen molar-refractivity contribution >= 4 is 16.8 Å². The zero-order valence-electron chi connectivity index (χ0n) is 6.70. The second-order valence-corrected chi connectivity index (χ2v) is 3.16. The van der Waals surface area contributed by atoms with E-state index < -0.39 is 0 Å². The fraction of sp³-hybridized carbons (Fsp3) is 0.0909. The first-order valence-corrected chi connectivity index (χ1v) is 4.19. The van der Waals surface area contributed by atoms with Gasteiger partial charge in [0, 0.05) is 23.8 Å². The lowest BCUT2D eigenvalue weighted by atomic mass is 10.2. The van der Waals surface area contributed by atoms with Crippen LogP contribution in [-0.2, 0) is 6.54 Å². The third-order valence-electron chi connectivity index (χ3n) is 2.42. The Hall–Kier alpha value is -1.50. The number of rotatable bonds is 0. The number of hydrogen-bond acceptors (Lipinski definition) is 0. The van der Waals surface area contributed by atoms with Gasteiger partial charge in [-0.25, -0.2) is 0 Å². The zero-order chi connectivity index (χ0) is 7.97. The van der Waals surface area contributed by atoms with Crippen LogP contribution in [0.1, 0.15) is 5.69 Å². The molecule has 0 saturated carbocycles. The van der Waals surface area contributed by atoms with Crippen LogP contribution in [-0.4, -0.2) is 4.57 Å². The molecule has 2 aromatic rings. The molecule has 0 unspecified atom stereocenters. The summed E-state index contributed by atoms with van der Waals surface area (Å²) in [6.07, 6.45) is 6.61. The molecule has 0 fully saturated rings. The third-order valence-corrected chi connectivity index (χ3v) is 2.42. The van der Waals surface area contributed by atoms with Gasteiger partial charge >= 0.3 is 0 Å². The molecule has 2 heterocycles. The topological polar surface area (TPSA) is 4.93 Å². The molecule has 0 saturated heterocycles. The lowest BCUT2D eigenvalue weighted by Gasteiger charge is -1.92. The van der Waals surface area contributed by atoms with Crippen molar-refractivity contribution in [2.75, 3.05) is 0 Å². The van der Waals surface area contributed by atoms with Crippen LogP contribution < -0.4 is 0 Å². The predicted molar refractivity (Wildman–Crippen MR) is 51.0 cm³/mol. The van der Waals surface area contributed by atoms with Gasteiger partial charge < -0.3 is 4.57 Å². The molecule has 1 nitrogen and oxygen atoms in total. The minimum absolute atomic E-state index is 1.03. The standard InChI is InChI=1S/C11H9N/c1-2-5-10-9(4-1)8-12-7-3-6-11(10)12/h1-6,8H,7H2. The molecule has 12 heavy (non-hydrogen) atoms. The fourth-order valence-corrected chi connectivity index (χ4v) is 1.85. The van der Waals surface area contributed by atoms with Crippen LogP contribution in [0.25, 0.3) is 16.8 Å². The Morgan fingerprint density at radius 1 is 1.17 bits per heavy atom. The molecule has 0 aliphatic carbocycles. The average molecular weight is 155 g/mol. The van der Waals surface area contributed by atoms with Crippen LogP contribution in [0.2, 0.25) is 0 Å². The van der Waals surface area contributed by atoms with E-state index in [1.807, 2.05) is 0 Å². The van der Waals surface area contributed by atoms with Gasteiger partial charge in [0.2, 0.25) is 0 Å². The maximum Gasteiger partial charge on any atom is 0.0486 e. The minimum Gasteiger partial charge on any atom is -0.343 e. The number of hydrogen-bond donors (Lipinski definition) is 0. The van der Waals surface area contributed by atoms with Gasteiger partial charge in [-0.2, -0.15) is 0 Å². The van der Waals surface area contributed by atoms with Gasteiger partial charge in [-0.3, -0.25) is 0 Å². The zero-order valence-corrected chi connectivity index (χ0v) is 6.70. The summed E-state index contributed by atoms with van der Waals surface area (Å²) in [7, 11) is 0. The number of nitrogens with zero attached hydrogens (tertiary/aromatic N) is 1. The van der Waals surface area contributed by atoms with Crippen LogP contribution in [0.4, 0.5) is 0 Å². The predicted octanol–water partition coefficient (Wildman–Crippen LogP) is 2.67. The summed E-state index contributed by atoms with van der Waals surface area (Å²) in [5.41, 5.74) is 1.35. The Bertz CT molecular complexity index is 463. The maximum atomic E-state index is 2.28. The Labute approximate surface area is 70.9 Å². The summed E-state index contributed by atoms with van der Waals surface area (Å²) in [5.74, 6) is 0. The van der Waals surface area contributed by atoms with Crippen molar-refractivity contribution in [3.8, 4) is 0 Å².